The smallest absolute Gasteiger partial charge is 0.321 e. The number of aliphatic carboxylic acids is 1. The first-order valence-electron chi connectivity index (χ1n) is 6.79. The molecule has 0 saturated heterocycles. The average molecular weight is 284 g/mol. The van der Waals surface area contributed by atoms with Gasteiger partial charge in [-0.25, -0.2) is 0 Å². The molecule has 18 heavy (non-hydrogen) atoms. The van der Waals surface area contributed by atoms with Gasteiger partial charge in [-0.2, -0.15) is 12.6 Å². The van der Waals surface area contributed by atoms with Crippen LogP contribution in [0.4, 0.5) is 0 Å². The first-order valence-corrected chi connectivity index (χ1v) is 7.42. The van der Waals surface area contributed by atoms with Gasteiger partial charge in [-0.1, -0.05) is 51.9 Å². The predicted octanol–water partition coefficient (Wildman–Crippen LogP) is 2.72. The molecular formula is C13H27NNaO2S. The van der Waals surface area contributed by atoms with Crippen LogP contribution in [0.3, 0.4) is 0 Å². The molecule has 2 N–H and O–H groups in total. The summed E-state index contributed by atoms with van der Waals surface area (Å²) in [4.78, 5) is 10.7. The predicted molar refractivity (Wildman–Crippen MR) is 81.6 cm³/mol. The fourth-order valence-electron chi connectivity index (χ4n) is 1.77. The van der Waals surface area contributed by atoms with E-state index in [-0.39, 0.29) is 29.6 Å². The third-order valence-corrected chi connectivity index (χ3v) is 3.27. The molecule has 0 aliphatic carbocycles. The molecule has 0 heterocycles. The van der Waals surface area contributed by atoms with Crippen molar-refractivity contribution < 1.29 is 9.90 Å². The number of unbranched alkanes of at least 4 members (excludes halogenated alkanes) is 7. The fraction of sp³-hybridized carbons (Fsp3) is 0.923. The van der Waals surface area contributed by atoms with Crippen LogP contribution in [0, 0.1) is 0 Å². The van der Waals surface area contributed by atoms with Crippen LogP contribution >= 0.6 is 12.6 Å². The molecule has 0 aliphatic rings. The van der Waals surface area contributed by atoms with Gasteiger partial charge in [0.2, 0.25) is 0 Å². The molecule has 0 rings (SSSR count). The Balaban J connectivity index is 0. The Morgan fingerprint density at radius 2 is 1.61 bits per heavy atom. The summed E-state index contributed by atoms with van der Waals surface area (Å²) in [5.74, 6) is -0.452. The molecule has 0 bridgehead atoms. The molecule has 0 amide bonds. The molecule has 0 fully saturated rings. The van der Waals surface area contributed by atoms with E-state index in [1.165, 1.54) is 44.9 Å². The van der Waals surface area contributed by atoms with Crippen LogP contribution in [0.2, 0.25) is 0 Å². The molecule has 0 unspecified atom stereocenters. The normalized spacial score (nSPS) is 11.9. The molecule has 5 heteroatoms. The molecule has 0 saturated carbocycles. The summed E-state index contributed by atoms with van der Waals surface area (Å²) in [6.45, 7) is 3.01. The van der Waals surface area contributed by atoms with E-state index in [9.17, 15) is 4.79 Å². The summed E-state index contributed by atoms with van der Waals surface area (Å²) in [7, 11) is 0. The minimum absolute atomic E-state index is 0. The number of carboxylic acid groups (broad SMARTS) is 1. The summed E-state index contributed by atoms with van der Waals surface area (Å²) in [5, 5.41) is 11.8. The Kier molecular flexibility index (Phi) is 18.6. The Hall–Kier alpha value is 0.780. The van der Waals surface area contributed by atoms with Crippen LogP contribution in [0.25, 0.3) is 0 Å². The molecule has 1 atom stereocenters. The van der Waals surface area contributed by atoms with Crippen molar-refractivity contribution >= 4 is 48.2 Å². The van der Waals surface area contributed by atoms with Crippen molar-refractivity contribution in [3.8, 4) is 0 Å². The SMILES string of the molecule is CCCCCCCCCCN[C@@H](CS)C(=O)O.[Na]. The monoisotopic (exact) mass is 284 g/mol. The summed E-state index contributed by atoms with van der Waals surface area (Å²) in [6, 6.07) is -0.497. The van der Waals surface area contributed by atoms with Crippen LogP contribution in [0.5, 0.6) is 0 Å². The van der Waals surface area contributed by atoms with Crippen LogP contribution in [0.1, 0.15) is 58.3 Å². The number of carboxylic acids is 1. The molecule has 0 aromatic heterocycles. The summed E-state index contributed by atoms with van der Waals surface area (Å²) in [6.07, 6.45) is 10.2. The summed E-state index contributed by atoms with van der Waals surface area (Å²) >= 11 is 4.00. The fourth-order valence-corrected chi connectivity index (χ4v) is 2.05. The van der Waals surface area contributed by atoms with E-state index in [4.69, 9.17) is 5.11 Å². The second kappa shape index (κ2) is 15.8. The minimum Gasteiger partial charge on any atom is -0.480 e. The van der Waals surface area contributed by atoms with E-state index in [1.807, 2.05) is 0 Å². The van der Waals surface area contributed by atoms with Crippen molar-refractivity contribution in [2.45, 2.75) is 64.3 Å². The number of thiol groups is 1. The van der Waals surface area contributed by atoms with Crippen molar-refractivity contribution in [3.05, 3.63) is 0 Å². The standard InChI is InChI=1S/C13H27NO2S.Na/c1-2-3-4-5-6-7-8-9-10-14-12(11-17)13(15)16;/h12,14,17H,2-11H2,1H3,(H,15,16);/t12-;/m0./s1. The van der Waals surface area contributed by atoms with Crippen LogP contribution in [-0.2, 0) is 4.79 Å². The molecule has 0 aromatic rings. The van der Waals surface area contributed by atoms with Gasteiger partial charge in [0.15, 0.2) is 0 Å². The number of hydrogen-bond acceptors (Lipinski definition) is 3. The second-order valence-corrected chi connectivity index (χ2v) is 4.87. The quantitative estimate of drug-likeness (QED) is 0.293. The zero-order valence-corrected chi connectivity index (χ0v) is 14.8. The van der Waals surface area contributed by atoms with E-state index in [2.05, 4.69) is 24.9 Å². The largest absolute Gasteiger partial charge is 0.480 e. The average Bonchev–Trinajstić information content (AvgIpc) is 2.31. The molecule has 0 aromatic carbocycles. The van der Waals surface area contributed by atoms with Gasteiger partial charge in [-0.15, -0.1) is 0 Å². The zero-order chi connectivity index (χ0) is 12.9. The topological polar surface area (TPSA) is 49.3 Å². The first kappa shape index (κ1) is 21.1. The second-order valence-electron chi connectivity index (χ2n) is 4.50. The summed E-state index contributed by atoms with van der Waals surface area (Å²) in [5.41, 5.74) is 0. The van der Waals surface area contributed by atoms with Crippen molar-refractivity contribution in [2.75, 3.05) is 12.3 Å². The molecule has 3 nitrogen and oxygen atoms in total. The minimum atomic E-state index is -0.806. The van der Waals surface area contributed by atoms with Gasteiger partial charge in [0.1, 0.15) is 6.04 Å². The third-order valence-electron chi connectivity index (χ3n) is 2.90. The third kappa shape index (κ3) is 13.2. The maximum absolute atomic E-state index is 10.7. The van der Waals surface area contributed by atoms with Gasteiger partial charge in [-0.05, 0) is 13.0 Å². The van der Waals surface area contributed by atoms with Gasteiger partial charge < -0.3 is 10.4 Å². The maximum Gasteiger partial charge on any atom is 0.321 e. The van der Waals surface area contributed by atoms with Crippen LogP contribution < -0.4 is 5.32 Å². The first-order chi connectivity index (χ1) is 8.22. The van der Waals surface area contributed by atoms with Gasteiger partial charge in [-0.3, -0.25) is 4.79 Å². The number of rotatable bonds is 12. The summed E-state index contributed by atoms with van der Waals surface area (Å²) < 4.78 is 0. The van der Waals surface area contributed by atoms with Gasteiger partial charge in [0.05, 0.1) is 0 Å². The van der Waals surface area contributed by atoms with Crippen molar-refractivity contribution in [1.82, 2.24) is 5.32 Å². The van der Waals surface area contributed by atoms with Crippen molar-refractivity contribution in [2.24, 2.45) is 0 Å². The number of nitrogens with one attached hydrogen (secondary N) is 1. The van der Waals surface area contributed by atoms with Crippen LogP contribution in [0.15, 0.2) is 0 Å². The molecule has 0 spiro atoms. The van der Waals surface area contributed by atoms with E-state index < -0.39 is 12.0 Å². The zero-order valence-electron chi connectivity index (χ0n) is 12.0. The molecule has 103 valence electrons. The van der Waals surface area contributed by atoms with Gasteiger partial charge in [0, 0.05) is 35.3 Å². The van der Waals surface area contributed by atoms with Crippen molar-refractivity contribution in [1.29, 1.82) is 0 Å². The number of carbonyl (C=O) groups is 1. The number of hydrogen-bond donors (Lipinski definition) is 3. The Labute approximate surface area is 139 Å². The van der Waals surface area contributed by atoms with E-state index in [1.54, 1.807) is 0 Å². The van der Waals surface area contributed by atoms with Gasteiger partial charge >= 0.3 is 5.97 Å². The van der Waals surface area contributed by atoms with E-state index in [0.717, 1.165) is 13.0 Å². The van der Waals surface area contributed by atoms with E-state index in [0.29, 0.717) is 5.75 Å². The Morgan fingerprint density at radius 1 is 1.11 bits per heavy atom. The molecular weight excluding hydrogens is 257 g/mol. The van der Waals surface area contributed by atoms with Gasteiger partial charge in [0.25, 0.3) is 0 Å². The maximum atomic E-state index is 10.7. The molecule has 1 radical (unpaired) electrons. The van der Waals surface area contributed by atoms with Crippen LogP contribution in [-0.4, -0.2) is 59.0 Å². The Morgan fingerprint density at radius 3 is 2.06 bits per heavy atom. The van der Waals surface area contributed by atoms with Crippen molar-refractivity contribution in [3.63, 3.8) is 0 Å². The Bertz CT molecular complexity index is 194. The molecule has 0 aliphatic heterocycles. The van der Waals surface area contributed by atoms with E-state index >= 15 is 0 Å².